The van der Waals surface area contributed by atoms with Crippen LogP contribution >= 0.6 is 0 Å². The summed E-state index contributed by atoms with van der Waals surface area (Å²) in [6, 6.07) is 37.0. The molecule has 0 saturated carbocycles. The number of para-hydroxylation sites is 4. The Morgan fingerprint density at radius 2 is 0.433 bits per heavy atom. The van der Waals surface area contributed by atoms with Crippen LogP contribution in [-0.4, -0.2) is 34.8 Å². The van der Waals surface area contributed by atoms with Crippen LogP contribution in [-0.2, 0) is 48.5 Å². The fourth-order valence-corrected chi connectivity index (χ4v) is 5.31. The summed E-state index contributed by atoms with van der Waals surface area (Å²) >= 11 is 0. The maximum Gasteiger partial charge on any atom is 0.0691 e. The zero-order valence-corrected chi connectivity index (χ0v) is 40.8. The molecule has 0 N–H and O–H groups in total. The Morgan fingerprint density at radius 3 is 0.550 bits per heavy atom. The van der Waals surface area contributed by atoms with Crippen LogP contribution in [0.5, 0.6) is 0 Å². The van der Waals surface area contributed by atoms with Crippen LogP contribution in [0.25, 0.3) is 0 Å². The maximum atomic E-state index is 8.89. The van der Waals surface area contributed by atoms with E-state index in [2.05, 4.69) is 128 Å². The molecule has 5 aromatic carbocycles. The number of nitrogens with zero attached hydrogens (tertiary/aromatic N) is 4. The van der Waals surface area contributed by atoms with Crippen LogP contribution in [0.2, 0.25) is 0 Å². The molecule has 2 radical (unpaired) electrons. The molecule has 0 heterocycles. The number of benzene rings is 5. The van der Waals surface area contributed by atoms with Crippen LogP contribution in [0.15, 0.2) is 129 Å². The quantitative estimate of drug-likeness (QED) is 0.124. The van der Waals surface area contributed by atoms with Crippen molar-refractivity contribution in [1.29, 1.82) is 0 Å². The van der Waals surface area contributed by atoms with Gasteiger partial charge in [-0.3, -0.25) is 20.0 Å². The van der Waals surface area contributed by atoms with Crippen molar-refractivity contribution in [3.63, 3.8) is 0 Å². The Kier molecular flexibility index (Phi) is 28.6. The predicted molar refractivity (Wildman–Crippen MR) is 243 cm³/mol. The summed E-state index contributed by atoms with van der Waals surface area (Å²) in [6.07, 6.45) is 0. The van der Waals surface area contributed by atoms with E-state index in [-0.39, 0.29) is 39.0 Å². The molecule has 5 rings (SSSR count). The predicted octanol–water partition coefficient (Wildman–Crippen LogP) is 10.8. The molecule has 8 nitrogen and oxygen atoms in total. The number of hydrogen-bond acceptors (Lipinski definition) is 8. The number of aliphatic imine (C=N–C) groups is 4. The first kappa shape index (κ1) is 57.1. The smallest absolute Gasteiger partial charge is 0.0691 e. The Bertz CT molecular complexity index is 1860. The van der Waals surface area contributed by atoms with Crippen molar-refractivity contribution in [2.24, 2.45) is 20.0 Å². The van der Waals surface area contributed by atoms with Gasteiger partial charge in [-0.05, 0) is 141 Å². The largest absolute Gasteiger partial charge is 0.550 e. The van der Waals surface area contributed by atoms with E-state index in [0.29, 0.717) is 0 Å². The standard InChI is InChI=1S/2C20H24N2.C6H6.2C2H4O2.2Rh/c2*1-13-9-7-10-14(2)19(13)21-17(5)18(6)22-20-15(3)11-8-12-16(20)4;1-2-4-6-5-3-1;2*1-2(3)4;;/h2*7-12H,1-6H3;1-6H;2*1H3,(H,3,4);;/p-2. The first-order chi connectivity index (χ1) is 27.3. The normalized spacial score (nSPS) is 10.9. The summed E-state index contributed by atoms with van der Waals surface area (Å²) in [4.78, 5) is 37.0. The van der Waals surface area contributed by atoms with Gasteiger partial charge in [-0.1, -0.05) is 109 Å². The molecule has 60 heavy (non-hydrogen) atoms. The first-order valence-electron chi connectivity index (χ1n) is 19.1. The zero-order chi connectivity index (χ0) is 43.9. The molecule has 0 atom stereocenters. The van der Waals surface area contributed by atoms with E-state index in [0.717, 1.165) is 59.4 Å². The van der Waals surface area contributed by atoms with Gasteiger partial charge in [0.05, 0.1) is 45.6 Å². The Balaban J connectivity index is 0. The molecular weight excluding hydrogens is 926 g/mol. The van der Waals surface area contributed by atoms with Crippen molar-refractivity contribution in [2.75, 3.05) is 0 Å². The van der Waals surface area contributed by atoms with Crippen molar-refractivity contribution in [3.05, 3.63) is 154 Å². The van der Waals surface area contributed by atoms with Crippen LogP contribution < -0.4 is 10.2 Å². The number of aryl methyl sites for hydroxylation is 8. The van der Waals surface area contributed by atoms with Crippen molar-refractivity contribution in [2.45, 2.75) is 96.9 Å². The van der Waals surface area contributed by atoms with E-state index in [1.54, 1.807) is 0 Å². The SMILES string of the molecule is CC(=Nc1c(C)cccc1C)C(C)=Nc1c(C)cccc1C.CC(=Nc1c(C)cccc1C)C(C)=Nc1c(C)cccc1C.CC(=O)[O-].CC(=O)[O-].[Rh].[Rh].c1ccccc1. The van der Waals surface area contributed by atoms with E-state index in [1.165, 1.54) is 44.5 Å². The average Bonchev–Trinajstić information content (AvgIpc) is 3.15. The number of rotatable bonds is 6. The molecular formula is C50H60N4O4Rh2-2. The third-order valence-electron chi connectivity index (χ3n) is 8.59. The molecule has 0 spiro atoms. The number of carboxylic acids is 2. The number of carboxylic acid groups (broad SMARTS) is 2. The van der Waals surface area contributed by atoms with Gasteiger partial charge in [-0.2, -0.15) is 0 Å². The van der Waals surface area contributed by atoms with Gasteiger partial charge >= 0.3 is 0 Å². The fraction of sp³-hybridized carbons (Fsp3) is 0.280. The number of hydrogen-bond donors (Lipinski definition) is 0. The van der Waals surface area contributed by atoms with Gasteiger partial charge in [0.2, 0.25) is 0 Å². The number of aliphatic carboxylic acids is 2. The summed E-state index contributed by atoms with van der Waals surface area (Å²) in [5.74, 6) is -2.17. The molecule has 0 saturated heterocycles. The zero-order valence-electron chi connectivity index (χ0n) is 37.5. The molecule has 0 aliphatic heterocycles. The second-order valence-electron chi connectivity index (χ2n) is 13.9. The molecule has 0 amide bonds. The molecule has 10 heteroatoms. The second-order valence-corrected chi connectivity index (χ2v) is 13.9. The van der Waals surface area contributed by atoms with E-state index >= 15 is 0 Å². The average molecular weight is 987 g/mol. The van der Waals surface area contributed by atoms with Crippen molar-refractivity contribution in [3.8, 4) is 0 Å². The summed E-state index contributed by atoms with van der Waals surface area (Å²) in [6.45, 7) is 26.8. The van der Waals surface area contributed by atoms with Gasteiger partial charge < -0.3 is 19.8 Å². The third kappa shape index (κ3) is 21.8. The van der Waals surface area contributed by atoms with Crippen LogP contribution in [0, 0.1) is 55.4 Å². The van der Waals surface area contributed by atoms with Crippen molar-refractivity contribution >= 4 is 57.5 Å². The Labute approximate surface area is 384 Å². The molecule has 0 aliphatic carbocycles. The summed E-state index contributed by atoms with van der Waals surface area (Å²) in [5.41, 5.74) is 17.6. The molecule has 0 aliphatic rings. The second kappa shape index (κ2) is 30.1. The van der Waals surface area contributed by atoms with Gasteiger partial charge in [-0.15, -0.1) is 0 Å². The van der Waals surface area contributed by atoms with Gasteiger partial charge in [0.15, 0.2) is 0 Å². The van der Waals surface area contributed by atoms with Crippen LogP contribution in [0.1, 0.15) is 86.1 Å². The van der Waals surface area contributed by atoms with Gasteiger partial charge in [-0.25, -0.2) is 0 Å². The fourth-order valence-electron chi connectivity index (χ4n) is 5.31. The van der Waals surface area contributed by atoms with Crippen LogP contribution in [0.4, 0.5) is 22.7 Å². The summed E-state index contributed by atoms with van der Waals surface area (Å²) in [5, 5.41) is 17.8. The van der Waals surface area contributed by atoms with Crippen molar-refractivity contribution in [1.82, 2.24) is 0 Å². The van der Waals surface area contributed by atoms with E-state index < -0.39 is 11.9 Å². The summed E-state index contributed by atoms with van der Waals surface area (Å²) in [7, 11) is 0. The van der Waals surface area contributed by atoms with E-state index in [4.69, 9.17) is 39.8 Å². The first-order valence-corrected chi connectivity index (χ1v) is 19.1. The number of carbonyl (C=O) groups is 2. The van der Waals surface area contributed by atoms with Gasteiger partial charge in [0.1, 0.15) is 0 Å². The minimum Gasteiger partial charge on any atom is -0.550 e. The van der Waals surface area contributed by atoms with Gasteiger partial charge in [0.25, 0.3) is 0 Å². The molecule has 0 unspecified atom stereocenters. The van der Waals surface area contributed by atoms with Crippen LogP contribution in [0.3, 0.4) is 0 Å². The van der Waals surface area contributed by atoms with Gasteiger partial charge in [0, 0.05) is 50.9 Å². The van der Waals surface area contributed by atoms with E-state index in [9.17, 15) is 0 Å². The number of carbonyl (C=O) groups excluding carboxylic acids is 2. The monoisotopic (exact) mass is 986 g/mol. The maximum absolute atomic E-state index is 8.89. The molecule has 324 valence electrons. The topological polar surface area (TPSA) is 130 Å². The van der Waals surface area contributed by atoms with Crippen molar-refractivity contribution < 1.29 is 58.8 Å². The summed E-state index contributed by atoms with van der Waals surface area (Å²) < 4.78 is 0. The molecule has 5 aromatic rings. The molecule has 0 aromatic heterocycles. The third-order valence-corrected chi connectivity index (χ3v) is 8.59. The molecule has 0 fully saturated rings. The molecule has 0 bridgehead atoms. The Hall–Kier alpha value is -5.03. The van der Waals surface area contributed by atoms with E-state index in [1.807, 2.05) is 64.1 Å². The Morgan fingerprint density at radius 1 is 0.317 bits per heavy atom. The minimum atomic E-state index is -1.08. The minimum absolute atomic E-state index is 0.